The maximum absolute atomic E-state index is 12.9. The number of hydrogen-bond acceptors (Lipinski definition) is 13. The largest absolute Gasteiger partial charge is 0.448 e. The molecule has 4 heterocycles. The Morgan fingerprint density at radius 3 is 2.70 bits per heavy atom. The maximum atomic E-state index is 12.9. The van der Waals surface area contributed by atoms with Crippen molar-refractivity contribution in [3.05, 3.63) is 41.7 Å². The summed E-state index contributed by atoms with van der Waals surface area (Å²) in [6, 6.07) is 8.17. The molecule has 2 aliphatic heterocycles. The van der Waals surface area contributed by atoms with Gasteiger partial charge in [0.1, 0.15) is 12.9 Å². The number of ether oxygens (including phenoxy) is 2. The molecule has 1 spiro atoms. The van der Waals surface area contributed by atoms with E-state index in [-0.39, 0.29) is 30.2 Å². The molecular formula is C30H41N9O7S. The SMILES string of the molecule is NS(=O)(=O)OC[C@@H]1C[C@@H](n2nnc3c(N[C@H]4CC5(CCN(C(=O)OCCN6CCOCC6)CC5)c5ccccc54)ncnc32)C[C@@H]1O. The molecule has 17 heteroatoms. The molecule has 7 rings (SSSR count). The van der Waals surface area contributed by atoms with Crippen molar-refractivity contribution in [1.29, 1.82) is 0 Å². The van der Waals surface area contributed by atoms with Crippen molar-refractivity contribution in [2.24, 2.45) is 11.1 Å². The van der Waals surface area contributed by atoms with E-state index in [4.69, 9.17) is 18.8 Å². The molecule has 2 aromatic heterocycles. The Bertz CT molecular complexity index is 1690. The number of amides is 1. The van der Waals surface area contributed by atoms with Crippen molar-refractivity contribution in [2.75, 3.05) is 64.5 Å². The maximum Gasteiger partial charge on any atom is 0.409 e. The van der Waals surface area contributed by atoms with Gasteiger partial charge < -0.3 is 24.8 Å². The van der Waals surface area contributed by atoms with Gasteiger partial charge in [-0.25, -0.2) is 24.6 Å². The van der Waals surface area contributed by atoms with E-state index in [0.717, 1.165) is 52.1 Å². The number of aliphatic hydroxyl groups is 1. The van der Waals surface area contributed by atoms with Gasteiger partial charge in [0, 0.05) is 44.1 Å². The van der Waals surface area contributed by atoms with Gasteiger partial charge in [-0.2, -0.15) is 8.42 Å². The number of benzene rings is 1. The summed E-state index contributed by atoms with van der Waals surface area (Å²) in [4.78, 5) is 26.0. The minimum absolute atomic E-state index is 0.0329. The van der Waals surface area contributed by atoms with Crippen LogP contribution in [-0.4, -0.2) is 120 Å². The predicted octanol–water partition coefficient (Wildman–Crippen LogP) is 1.11. The highest BCUT2D eigenvalue weighted by atomic mass is 32.2. The molecule has 2 saturated heterocycles. The molecule has 47 heavy (non-hydrogen) atoms. The van der Waals surface area contributed by atoms with Crippen molar-refractivity contribution in [3.8, 4) is 0 Å². The molecular weight excluding hydrogens is 630 g/mol. The van der Waals surface area contributed by atoms with Crippen molar-refractivity contribution in [1.82, 2.24) is 34.8 Å². The zero-order valence-electron chi connectivity index (χ0n) is 26.1. The number of nitrogens with one attached hydrogen (secondary N) is 1. The van der Waals surface area contributed by atoms with Crippen LogP contribution in [-0.2, 0) is 29.4 Å². The lowest BCUT2D eigenvalue weighted by Crippen LogP contribution is -2.45. The van der Waals surface area contributed by atoms with E-state index in [0.29, 0.717) is 49.5 Å². The molecule has 4 aliphatic rings. The highest BCUT2D eigenvalue weighted by molar-refractivity contribution is 7.84. The molecule has 0 unspecified atom stereocenters. The van der Waals surface area contributed by atoms with E-state index < -0.39 is 22.3 Å². The standard InChI is InChI=1S/C30H41N9O7S/c31-47(42,43)46-18-20-15-21(16-25(20)40)39-28-26(35-36-39)27(32-19-33-28)34-24-17-30(23-4-2-1-3-22(23)24)5-7-38(8-6-30)29(41)45-14-11-37-9-12-44-13-10-37/h1-4,19-21,24-25,40H,5-18H2,(H2,31,42,43)(H,32,33,34)/t20-,21+,24-,25-/m0/s1. The average molecular weight is 672 g/mol. The second-order valence-electron chi connectivity index (χ2n) is 13.0. The summed E-state index contributed by atoms with van der Waals surface area (Å²) in [5.74, 6) is 0.138. The number of nitrogens with two attached hydrogens (primary N) is 1. The van der Waals surface area contributed by atoms with Crippen LogP contribution in [0.2, 0.25) is 0 Å². The number of carbonyl (C=O) groups is 1. The number of carbonyl (C=O) groups excluding carboxylic acids is 1. The lowest BCUT2D eigenvalue weighted by atomic mass is 9.73. The monoisotopic (exact) mass is 671 g/mol. The first-order valence-corrected chi connectivity index (χ1v) is 17.7. The van der Waals surface area contributed by atoms with Crippen LogP contribution in [0.5, 0.6) is 0 Å². The first kappa shape index (κ1) is 32.1. The Kier molecular flexibility index (Phi) is 9.01. The van der Waals surface area contributed by atoms with Gasteiger partial charge in [0.25, 0.3) is 0 Å². The molecule has 0 bridgehead atoms. The molecule has 4 N–H and O–H groups in total. The van der Waals surface area contributed by atoms with Crippen molar-refractivity contribution in [2.45, 2.75) is 55.7 Å². The summed E-state index contributed by atoms with van der Waals surface area (Å²) < 4.78 is 39.9. The number of aromatic nitrogens is 5. The minimum Gasteiger partial charge on any atom is -0.448 e. The van der Waals surface area contributed by atoms with E-state index in [1.165, 1.54) is 17.5 Å². The fourth-order valence-electron chi connectivity index (χ4n) is 7.71. The number of morpholine rings is 1. The number of anilines is 1. The molecule has 1 aromatic carbocycles. The first-order chi connectivity index (χ1) is 22.7. The topological polar surface area (TPSA) is 200 Å². The molecule has 1 amide bonds. The Balaban J connectivity index is 1.01. The fraction of sp³-hybridized carbons (Fsp3) is 0.633. The molecule has 3 aromatic rings. The van der Waals surface area contributed by atoms with E-state index >= 15 is 0 Å². The second kappa shape index (κ2) is 13.2. The third-order valence-electron chi connectivity index (χ3n) is 10.2. The minimum atomic E-state index is -4.11. The van der Waals surface area contributed by atoms with E-state index in [1.54, 1.807) is 4.68 Å². The molecule has 16 nitrogen and oxygen atoms in total. The van der Waals surface area contributed by atoms with E-state index in [9.17, 15) is 18.3 Å². The number of aliphatic hydroxyl groups excluding tert-OH is 1. The Labute approximate surface area is 272 Å². The van der Waals surface area contributed by atoms with Gasteiger partial charge >= 0.3 is 16.4 Å². The van der Waals surface area contributed by atoms with E-state index in [2.05, 4.69) is 48.7 Å². The third-order valence-corrected chi connectivity index (χ3v) is 10.7. The van der Waals surface area contributed by atoms with Gasteiger partial charge in [-0.15, -0.1) is 5.10 Å². The molecule has 0 radical (unpaired) electrons. The van der Waals surface area contributed by atoms with Crippen LogP contribution in [0.3, 0.4) is 0 Å². The fourth-order valence-corrected chi connectivity index (χ4v) is 8.07. The molecule has 254 valence electrons. The smallest absolute Gasteiger partial charge is 0.409 e. The summed E-state index contributed by atoms with van der Waals surface area (Å²) in [6.45, 7) is 5.31. The van der Waals surface area contributed by atoms with Crippen LogP contribution in [0.1, 0.15) is 55.3 Å². The van der Waals surface area contributed by atoms with Crippen molar-refractivity contribution >= 4 is 33.4 Å². The number of rotatable bonds is 9. The van der Waals surface area contributed by atoms with Crippen molar-refractivity contribution < 1.29 is 32.0 Å². The summed E-state index contributed by atoms with van der Waals surface area (Å²) >= 11 is 0. The summed E-state index contributed by atoms with van der Waals surface area (Å²) in [5, 5.41) is 27.9. The van der Waals surface area contributed by atoms with Crippen LogP contribution in [0, 0.1) is 5.92 Å². The predicted molar refractivity (Wildman–Crippen MR) is 168 cm³/mol. The lowest BCUT2D eigenvalue weighted by Gasteiger charge is -2.40. The molecule has 4 atom stereocenters. The quantitative estimate of drug-likeness (QED) is 0.293. The van der Waals surface area contributed by atoms with Crippen LogP contribution >= 0.6 is 0 Å². The average Bonchev–Trinajstić information content (AvgIpc) is 3.75. The van der Waals surface area contributed by atoms with Crippen LogP contribution < -0.4 is 10.5 Å². The third kappa shape index (κ3) is 6.77. The van der Waals surface area contributed by atoms with Gasteiger partial charge in [0.2, 0.25) is 0 Å². The number of fused-ring (bicyclic) bond motifs is 3. The Morgan fingerprint density at radius 1 is 1.13 bits per heavy atom. The number of nitrogens with zero attached hydrogens (tertiary/aromatic N) is 7. The van der Waals surface area contributed by atoms with Crippen LogP contribution in [0.25, 0.3) is 11.2 Å². The van der Waals surface area contributed by atoms with Crippen LogP contribution in [0.15, 0.2) is 30.6 Å². The normalized spacial score (nSPS) is 26.1. The zero-order chi connectivity index (χ0) is 32.6. The highest BCUT2D eigenvalue weighted by Crippen LogP contribution is 2.52. The first-order valence-electron chi connectivity index (χ1n) is 16.2. The summed E-state index contributed by atoms with van der Waals surface area (Å²) in [7, 11) is -4.11. The molecule has 1 saturated carbocycles. The van der Waals surface area contributed by atoms with E-state index in [1.807, 2.05) is 11.0 Å². The van der Waals surface area contributed by atoms with Gasteiger partial charge in [0.15, 0.2) is 17.0 Å². The van der Waals surface area contributed by atoms with Gasteiger partial charge in [-0.1, -0.05) is 29.5 Å². The van der Waals surface area contributed by atoms with Gasteiger partial charge in [0.05, 0.1) is 38.0 Å². The number of likely N-dealkylation sites (tertiary alicyclic amines) is 1. The second-order valence-corrected chi connectivity index (χ2v) is 14.2. The number of hydrogen-bond donors (Lipinski definition) is 3. The lowest BCUT2D eigenvalue weighted by molar-refractivity contribution is 0.0230. The van der Waals surface area contributed by atoms with Crippen LogP contribution in [0.4, 0.5) is 10.6 Å². The van der Waals surface area contributed by atoms with Gasteiger partial charge in [-0.05, 0) is 43.2 Å². The molecule has 2 aliphatic carbocycles. The Hall–Kier alpha value is -3.48. The summed E-state index contributed by atoms with van der Waals surface area (Å²) in [5.41, 5.74) is 3.44. The summed E-state index contributed by atoms with van der Waals surface area (Å²) in [6.07, 6.45) is 3.71. The zero-order valence-corrected chi connectivity index (χ0v) is 26.9. The van der Waals surface area contributed by atoms with Gasteiger partial charge in [-0.3, -0.25) is 9.08 Å². The molecule has 3 fully saturated rings. The van der Waals surface area contributed by atoms with Crippen molar-refractivity contribution in [3.63, 3.8) is 0 Å². The number of piperidine rings is 1. The Morgan fingerprint density at radius 2 is 1.91 bits per heavy atom. The highest BCUT2D eigenvalue weighted by Gasteiger charge is 2.46.